The Morgan fingerprint density at radius 1 is 1.30 bits per heavy atom. The lowest BCUT2D eigenvalue weighted by Gasteiger charge is -2.29. The fraction of sp³-hybridized carbons (Fsp3) is 0.588. The maximum absolute atomic E-state index is 12.3. The molecule has 0 radical (unpaired) electrons. The third-order valence-electron chi connectivity index (χ3n) is 4.78. The van der Waals surface area contributed by atoms with Crippen LogP contribution in [-0.2, 0) is 4.79 Å². The molecule has 0 saturated heterocycles. The molecule has 3 heteroatoms. The molecule has 1 amide bonds. The van der Waals surface area contributed by atoms with E-state index >= 15 is 0 Å². The van der Waals surface area contributed by atoms with Crippen molar-refractivity contribution in [3.63, 3.8) is 0 Å². The fourth-order valence-corrected chi connectivity index (χ4v) is 3.69. The molecule has 1 saturated carbocycles. The normalized spacial score (nSPS) is 21.6. The van der Waals surface area contributed by atoms with E-state index in [9.17, 15) is 4.79 Å². The summed E-state index contributed by atoms with van der Waals surface area (Å²) >= 11 is 3.59. The highest BCUT2D eigenvalue weighted by Gasteiger charge is 2.44. The van der Waals surface area contributed by atoms with Crippen molar-refractivity contribution >= 4 is 21.8 Å². The predicted octanol–water partition coefficient (Wildman–Crippen LogP) is 4.11. The van der Waals surface area contributed by atoms with Gasteiger partial charge in [0.05, 0.1) is 0 Å². The van der Waals surface area contributed by atoms with Gasteiger partial charge in [-0.25, -0.2) is 0 Å². The van der Waals surface area contributed by atoms with Crippen LogP contribution in [0.1, 0.15) is 44.6 Å². The molecule has 1 aliphatic carbocycles. The number of hydrogen-bond acceptors (Lipinski definition) is 1. The highest BCUT2D eigenvalue weighted by molar-refractivity contribution is 9.09. The second kappa shape index (κ2) is 6.75. The standard InChI is InChI=1S/C17H24BrNO/c1-3-17(4-2,11-18)12-19-16(20)15-10-14(15)13-8-6-5-7-9-13/h5-9,14-15H,3-4,10-12H2,1-2H3,(H,19,20). The first-order chi connectivity index (χ1) is 9.65. The topological polar surface area (TPSA) is 29.1 Å². The van der Waals surface area contributed by atoms with Crippen molar-refractivity contribution in [1.82, 2.24) is 5.32 Å². The Bertz CT molecular complexity index is 433. The van der Waals surface area contributed by atoms with Crippen LogP contribution in [0.5, 0.6) is 0 Å². The largest absolute Gasteiger partial charge is 0.355 e. The van der Waals surface area contributed by atoms with E-state index in [1.807, 2.05) is 18.2 Å². The smallest absolute Gasteiger partial charge is 0.223 e. The number of halogens is 1. The minimum Gasteiger partial charge on any atom is -0.355 e. The zero-order chi connectivity index (χ0) is 14.6. The first kappa shape index (κ1) is 15.6. The van der Waals surface area contributed by atoms with Crippen molar-refractivity contribution in [3.8, 4) is 0 Å². The number of nitrogens with one attached hydrogen (secondary N) is 1. The van der Waals surface area contributed by atoms with E-state index in [1.54, 1.807) is 0 Å². The summed E-state index contributed by atoms with van der Waals surface area (Å²) in [5.41, 5.74) is 1.50. The van der Waals surface area contributed by atoms with E-state index in [2.05, 4.69) is 47.2 Å². The van der Waals surface area contributed by atoms with Crippen LogP contribution < -0.4 is 5.32 Å². The van der Waals surface area contributed by atoms with Crippen LogP contribution in [0.3, 0.4) is 0 Å². The quantitative estimate of drug-likeness (QED) is 0.745. The molecule has 1 aromatic carbocycles. The van der Waals surface area contributed by atoms with Gasteiger partial charge in [-0.05, 0) is 36.2 Å². The summed E-state index contributed by atoms with van der Waals surface area (Å²) in [6.45, 7) is 5.17. The minimum atomic E-state index is 0.180. The molecule has 2 unspecified atom stereocenters. The molecule has 2 atom stereocenters. The number of benzene rings is 1. The summed E-state index contributed by atoms with van der Waals surface area (Å²) < 4.78 is 0. The van der Waals surface area contributed by atoms with Crippen molar-refractivity contribution in [1.29, 1.82) is 0 Å². The van der Waals surface area contributed by atoms with Gasteiger partial charge < -0.3 is 5.32 Å². The first-order valence-corrected chi connectivity index (χ1v) is 8.66. The molecule has 1 fully saturated rings. The van der Waals surface area contributed by atoms with E-state index in [4.69, 9.17) is 0 Å². The van der Waals surface area contributed by atoms with Crippen molar-refractivity contribution < 1.29 is 4.79 Å². The number of carbonyl (C=O) groups excluding carboxylic acids is 1. The zero-order valence-corrected chi connectivity index (χ0v) is 13.9. The molecule has 20 heavy (non-hydrogen) atoms. The summed E-state index contributed by atoms with van der Waals surface area (Å²) in [6, 6.07) is 10.4. The van der Waals surface area contributed by atoms with Crippen molar-refractivity contribution in [3.05, 3.63) is 35.9 Å². The van der Waals surface area contributed by atoms with Gasteiger partial charge in [0.15, 0.2) is 0 Å². The number of carbonyl (C=O) groups is 1. The lowest BCUT2D eigenvalue weighted by molar-refractivity contribution is -0.122. The van der Waals surface area contributed by atoms with Gasteiger partial charge >= 0.3 is 0 Å². The molecule has 0 aromatic heterocycles. The van der Waals surface area contributed by atoms with Gasteiger partial charge in [-0.2, -0.15) is 0 Å². The molecule has 2 nitrogen and oxygen atoms in total. The van der Waals surface area contributed by atoms with Gasteiger partial charge in [-0.15, -0.1) is 0 Å². The van der Waals surface area contributed by atoms with E-state index in [-0.39, 0.29) is 17.2 Å². The first-order valence-electron chi connectivity index (χ1n) is 7.54. The molecule has 1 aliphatic rings. The molecule has 0 spiro atoms. The van der Waals surface area contributed by atoms with Crippen LogP contribution in [0.25, 0.3) is 0 Å². The van der Waals surface area contributed by atoms with Crippen molar-refractivity contribution in [2.75, 3.05) is 11.9 Å². The van der Waals surface area contributed by atoms with Crippen LogP contribution in [0.4, 0.5) is 0 Å². The van der Waals surface area contributed by atoms with E-state index in [0.717, 1.165) is 31.1 Å². The van der Waals surface area contributed by atoms with E-state index in [1.165, 1.54) is 5.56 Å². The third-order valence-corrected chi connectivity index (χ3v) is 5.97. The molecular weight excluding hydrogens is 314 g/mol. The SMILES string of the molecule is CCC(CC)(CBr)CNC(=O)C1CC1c1ccccc1. The van der Waals surface area contributed by atoms with Gasteiger partial charge in [-0.1, -0.05) is 60.1 Å². The van der Waals surface area contributed by atoms with Crippen LogP contribution in [0, 0.1) is 11.3 Å². The summed E-state index contributed by atoms with van der Waals surface area (Å²) in [5, 5.41) is 4.11. The lowest BCUT2D eigenvalue weighted by Crippen LogP contribution is -2.39. The van der Waals surface area contributed by atoms with Gasteiger partial charge in [0.25, 0.3) is 0 Å². The van der Waals surface area contributed by atoms with Gasteiger partial charge in [-0.3, -0.25) is 4.79 Å². The van der Waals surface area contributed by atoms with E-state index < -0.39 is 0 Å². The molecule has 110 valence electrons. The molecule has 0 bridgehead atoms. The van der Waals surface area contributed by atoms with Crippen molar-refractivity contribution in [2.24, 2.45) is 11.3 Å². The van der Waals surface area contributed by atoms with Crippen LogP contribution in [0.2, 0.25) is 0 Å². The number of hydrogen-bond donors (Lipinski definition) is 1. The average molecular weight is 338 g/mol. The highest BCUT2D eigenvalue weighted by Crippen LogP contribution is 2.47. The van der Waals surface area contributed by atoms with Gasteiger partial charge in [0.2, 0.25) is 5.91 Å². The number of amides is 1. The van der Waals surface area contributed by atoms with Crippen LogP contribution in [0.15, 0.2) is 30.3 Å². The molecule has 2 rings (SSSR count). The summed E-state index contributed by atoms with van der Waals surface area (Å²) in [7, 11) is 0. The van der Waals surface area contributed by atoms with Gasteiger partial charge in [0.1, 0.15) is 0 Å². The predicted molar refractivity (Wildman–Crippen MR) is 87.1 cm³/mol. The zero-order valence-electron chi connectivity index (χ0n) is 12.4. The Hall–Kier alpha value is -0.830. The monoisotopic (exact) mass is 337 g/mol. The second-order valence-corrected chi connectivity index (χ2v) is 6.48. The molecule has 0 aliphatic heterocycles. The summed E-state index contributed by atoms with van der Waals surface area (Å²) in [5.74, 6) is 0.836. The Balaban J connectivity index is 1.86. The van der Waals surface area contributed by atoms with Gasteiger partial charge in [0, 0.05) is 17.8 Å². The molecule has 1 aromatic rings. The second-order valence-electron chi connectivity index (χ2n) is 5.92. The Kier molecular flexibility index (Phi) is 5.25. The Labute approximate surface area is 130 Å². The Morgan fingerprint density at radius 2 is 1.95 bits per heavy atom. The minimum absolute atomic E-state index is 0.180. The summed E-state index contributed by atoms with van der Waals surface area (Å²) in [6.07, 6.45) is 3.17. The molecule has 0 heterocycles. The highest BCUT2D eigenvalue weighted by atomic mass is 79.9. The van der Waals surface area contributed by atoms with Crippen molar-refractivity contribution in [2.45, 2.75) is 39.0 Å². The maximum atomic E-state index is 12.3. The Morgan fingerprint density at radius 3 is 2.50 bits per heavy atom. The third kappa shape index (κ3) is 3.43. The molecule has 1 N–H and O–H groups in total. The number of rotatable bonds is 7. The maximum Gasteiger partial charge on any atom is 0.223 e. The van der Waals surface area contributed by atoms with Crippen LogP contribution >= 0.6 is 15.9 Å². The average Bonchev–Trinajstić information content (AvgIpc) is 3.30. The summed E-state index contributed by atoms with van der Waals surface area (Å²) in [4.78, 5) is 12.3. The lowest BCUT2D eigenvalue weighted by atomic mass is 9.84. The van der Waals surface area contributed by atoms with E-state index in [0.29, 0.717) is 5.92 Å². The number of alkyl halides is 1. The van der Waals surface area contributed by atoms with Crippen LogP contribution in [-0.4, -0.2) is 17.8 Å². The molecular formula is C17H24BrNO. The fourth-order valence-electron chi connectivity index (χ4n) is 2.70.